The Kier molecular flexibility index (Phi) is 2.45. The van der Waals surface area contributed by atoms with E-state index < -0.39 is 0 Å². The molecule has 3 aromatic rings. The summed E-state index contributed by atoms with van der Waals surface area (Å²) in [6.45, 7) is 0.860. The Labute approximate surface area is 116 Å². The Morgan fingerprint density at radius 3 is 2.95 bits per heavy atom. The molecule has 0 fully saturated rings. The second kappa shape index (κ2) is 4.30. The number of hydrogen-bond acceptors (Lipinski definition) is 4. The molecule has 1 aliphatic rings. The number of aromatic nitrogens is 4. The minimum atomic E-state index is 0.368. The lowest BCUT2D eigenvalue weighted by molar-refractivity contribution is 0.429. The molecule has 1 unspecified atom stereocenters. The van der Waals surface area contributed by atoms with Gasteiger partial charge in [-0.05, 0) is 18.6 Å². The highest BCUT2D eigenvalue weighted by molar-refractivity contribution is 5.78. The van der Waals surface area contributed by atoms with Crippen molar-refractivity contribution in [3.8, 4) is 0 Å². The molecule has 1 atom stereocenters. The fourth-order valence-corrected chi connectivity index (χ4v) is 2.89. The first-order valence-corrected chi connectivity index (χ1v) is 6.84. The SMILES string of the molecule is Nc1nc2n(n1)CCC(c1ccc3ccccc3n1)C2. The average Bonchev–Trinajstić information content (AvgIpc) is 2.85. The number of nitrogens with zero attached hydrogens (tertiary/aromatic N) is 4. The van der Waals surface area contributed by atoms with Crippen LogP contribution in [0.1, 0.15) is 23.9 Å². The summed E-state index contributed by atoms with van der Waals surface area (Å²) in [5.41, 5.74) is 7.85. The van der Waals surface area contributed by atoms with Crippen LogP contribution in [0.4, 0.5) is 5.95 Å². The summed E-state index contributed by atoms with van der Waals surface area (Å²) in [6.07, 6.45) is 1.89. The van der Waals surface area contributed by atoms with Gasteiger partial charge in [-0.2, -0.15) is 4.98 Å². The van der Waals surface area contributed by atoms with Crippen LogP contribution in [0.2, 0.25) is 0 Å². The van der Waals surface area contributed by atoms with E-state index in [2.05, 4.69) is 34.3 Å². The normalized spacial score (nSPS) is 18.1. The van der Waals surface area contributed by atoms with Gasteiger partial charge >= 0.3 is 0 Å². The van der Waals surface area contributed by atoms with E-state index in [0.717, 1.165) is 36.4 Å². The molecule has 0 bridgehead atoms. The molecular weight excluding hydrogens is 250 g/mol. The van der Waals surface area contributed by atoms with Crippen molar-refractivity contribution in [1.82, 2.24) is 19.7 Å². The molecule has 1 aromatic carbocycles. The minimum absolute atomic E-state index is 0.368. The zero-order valence-electron chi connectivity index (χ0n) is 11.0. The zero-order valence-corrected chi connectivity index (χ0v) is 11.0. The van der Waals surface area contributed by atoms with Crippen molar-refractivity contribution in [2.45, 2.75) is 25.3 Å². The first kappa shape index (κ1) is 11.4. The molecule has 0 radical (unpaired) electrons. The van der Waals surface area contributed by atoms with Gasteiger partial charge < -0.3 is 5.73 Å². The van der Waals surface area contributed by atoms with Crippen molar-refractivity contribution in [1.29, 1.82) is 0 Å². The molecule has 2 N–H and O–H groups in total. The Morgan fingerprint density at radius 2 is 2.00 bits per heavy atom. The monoisotopic (exact) mass is 265 g/mol. The Bertz CT molecular complexity index is 777. The third kappa shape index (κ3) is 1.82. The molecule has 20 heavy (non-hydrogen) atoms. The molecule has 0 amide bonds. The van der Waals surface area contributed by atoms with Crippen molar-refractivity contribution < 1.29 is 0 Å². The van der Waals surface area contributed by atoms with Crippen molar-refractivity contribution in [2.24, 2.45) is 0 Å². The first-order valence-electron chi connectivity index (χ1n) is 6.84. The number of para-hydroxylation sites is 1. The molecule has 0 saturated carbocycles. The van der Waals surface area contributed by atoms with Gasteiger partial charge in [0.25, 0.3) is 0 Å². The Hall–Kier alpha value is -2.43. The number of fused-ring (bicyclic) bond motifs is 2. The number of aryl methyl sites for hydroxylation is 1. The van der Waals surface area contributed by atoms with E-state index in [1.165, 1.54) is 5.39 Å². The second-order valence-electron chi connectivity index (χ2n) is 5.23. The highest BCUT2D eigenvalue weighted by Crippen LogP contribution is 2.28. The van der Waals surface area contributed by atoms with Gasteiger partial charge in [-0.15, -0.1) is 5.10 Å². The van der Waals surface area contributed by atoms with Gasteiger partial charge in [-0.3, -0.25) is 4.98 Å². The van der Waals surface area contributed by atoms with Crippen LogP contribution in [0.5, 0.6) is 0 Å². The molecule has 1 aliphatic heterocycles. The second-order valence-corrected chi connectivity index (χ2v) is 5.23. The fraction of sp³-hybridized carbons (Fsp3) is 0.267. The first-order chi connectivity index (χ1) is 9.79. The summed E-state index contributed by atoms with van der Waals surface area (Å²) in [4.78, 5) is 9.08. The number of pyridine rings is 1. The quantitative estimate of drug-likeness (QED) is 0.732. The average molecular weight is 265 g/mol. The predicted octanol–water partition coefficient (Wildman–Crippen LogP) is 2.14. The van der Waals surface area contributed by atoms with Crippen LogP contribution in [-0.4, -0.2) is 19.7 Å². The largest absolute Gasteiger partial charge is 0.366 e. The lowest BCUT2D eigenvalue weighted by atomic mass is 9.93. The van der Waals surface area contributed by atoms with Gasteiger partial charge in [0.1, 0.15) is 5.82 Å². The lowest BCUT2D eigenvalue weighted by Gasteiger charge is -2.21. The van der Waals surface area contributed by atoms with Gasteiger partial charge in [0.15, 0.2) is 0 Å². The van der Waals surface area contributed by atoms with Crippen LogP contribution in [0.15, 0.2) is 36.4 Å². The lowest BCUT2D eigenvalue weighted by Crippen LogP contribution is -2.19. The highest BCUT2D eigenvalue weighted by atomic mass is 15.4. The van der Waals surface area contributed by atoms with Crippen LogP contribution in [0, 0.1) is 0 Å². The van der Waals surface area contributed by atoms with Gasteiger partial charge in [0.2, 0.25) is 5.95 Å². The number of anilines is 1. The maximum atomic E-state index is 5.66. The van der Waals surface area contributed by atoms with Gasteiger partial charge in [0, 0.05) is 30.0 Å². The molecule has 4 rings (SSSR count). The maximum absolute atomic E-state index is 5.66. The molecule has 5 heteroatoms. The number of nitrogen functional groups attached to an aromatic ring is 1. The fourth-order valence-electron chi connectivity index (χ4n) is 2.89. The standard InChI is InChI=1S/C15H15N5/c16-15-18-14-9-11(7-8-20(14)19-15)13-6-5-10-3-1-2-4-12(10)17-13/h1-6,11H,7-9H2,(H2,16,19). The number of nitrogens with two attached hydrogens (primary N) is 1. The smallest absolute Gasteiger partial charge is 0.239 e. The molecular formula is C15H15N5. The zero-order chi connectivity index (χ0) is 13.5. The molecule has 0 spiro atoms. The van der Waals surface area contributed by atoms with Crippen LogP contribution < -0.4 is 5.73 Å². The van der Waals surface area contributed by atoms with E-state index in [-0.39, 0.29) is 0 Å². The van der Waals surface area contributed by atoms with Crippen LogP contribution >= 0.6 is 0 Å². The highest BCUT2D eigenvalue weighted by Gasteiger charge is 2.23. The molecule has 0 saturated heterocycles. The van der Waals surface area contributed by atoms with Crippen LogP contribution in [0.25, 0.3) is 10.9 Å². The predicted molar refractivity (Wildman–Crippen MR) is 77.2 cm³/mol. The topological polar surface area (TPSA) is 69.6 Å². The Balaban J connectivity index is 1.70. The van der Waals surface area contributed by atoms with Crippen molar-refractivity contribution in [3.63, 3.8) is 0 Å². The summed E-state index contributed by atoms with van der Waals surface area (Å²) < 4.78 is 1.91. The Morgan fingerprint density at radius 1 is 1.10 bits per heavy atom. The van der Waals surface area contributed by atoms with E-state index in [1.807, 2.05) is 16.8 Å². The number of benzene rings is 1. The molecule has 3 heterocycles. The number of rotatable bonds is 1. The van der Waals surface area contributed by atoms with E-state index in [4.69, 9.17) is 10.7 Å². The summed E-state index contributed by atoms with van der Waals surface area (Å²) >= 11 is 0. The number of hydrogen-bond donors (Lipinski definition) is 1. The molecule has 2 aromatic heterocycles. The van der Waals surface area contributed by atoms with Gasteiger partial charge in [-0.1, -0.05) is 24.3 Å². The van der Waals surface area contributed by atoms with Gasteiger partial charge in [0.05, 0.1) is 5.52 Å². The van der Waals surface area contributed by atoms with Crippen LogP contribution in [0.3, 0.4) is 0 Å². The molecule has 0 aliphatic carbocycles. The molecule has 5 nitrogen and oxygen atoms in total. The van der Waals surface area contributed by atoms with Crippen molar-refractivity contribution >= 4 is 16.9 Å². The third-order valence-corrected chi connectivity index (χ3v) is 3.92. The van der Waals surface area contributed by atoms with E-state index in [9.17, 15) is 0 Å². The van der Waals surface area contributed by atoms with Crippen LogP contribution in [-0.2, 0) is 13.0 Å². The van der Waals surface area contributed by atoms with E-state index in [0.29, 0.717) is 11.9 Å². The van der Waals surface area contributed by atoms with Gasteiger partial charge in [-0.25, -0.2) is 4.68 Å². The molecule has 100 valence electrons. The summed E-state index contributed by atoms with van der Waals surface area (Å²) in [6, 6.07) is 12.5. The summed E-state index contributed by atoms with van der Waals surface area (Å²) in [5, 5.41) is 5.37. The summed E-state index contributed by atoms with van der Waals surface area (Å²) in [5.74, 6) is 1.73. The maximum Gasteiger partial charge on any atom is 0.239 e. The van der Waals surface area contributed by atoms with Crippen molar-refractivity contribution in [3.05, 3.63) is 47.9 Å². The van der Waals surface area contributed by atoms with E-state index >= 15 is 0 Å². The third-order valence-electron chi connectivity index (χ3n) is 3.92. The minimum Gasteiger partial charge on any atom is -0.366 e. The summed E-state index contributed by atoms with van der Waals surface area (Å²) in [7, 11) is 0. The van der Waals surface area contributed by atoms with E-state index in [1.54, 1.807) is 0 Å². The van der Waals surface area contributed by atoms with Crippen molar-refractivity contribution in [2.75, 3.05) is 5.73 Å².